The summed E-state index contributed by atoms with van der Waals surface area (Å²) in [6, 6.07) is 6.36. The van der Waals surface area contributed by atoms with E-state index in [1.54, 1.807) is 6.07 Å². The Labute approximate surface area is 120 Å². The lowest BCUT2D eigenvalue weighted by molar-refractivity contribution is 0.136. The van der Waals surface area contributed by atoms with E-state index >= 15 is 0 Å². The van der Waals surface area contributed by atoms with Crippen LogP contribution in [0.4, 0.5) is 0 Å². The molecule has 0 radical (unpaired) electrons. The van der Waals surface area contributed by atoms with Gasteiger partial charge in [-0.3, -0.25) is 10.3 Å². The number of hydrogen-bond donors (Lipinski definition) is 2. The van der Waals surface area contributed by atoms with E-state index in [1.807, 2.05) is 12.1 Å². The summed E-state index contributed by atoms with van der Waals surface area (Å²) >= 11 is 6.30. The number of benzene rings is 1. The van der Waals surface area contributed by atoms with Crippen LogP contribution in [0.25, 0.3) is 0 Å². The van der Waals surface area contributed by atoms with Crippen molar-refractivity contribution in [3.8, 4) is 0 Å². The second-order valence-electron chi connectivity index (χ2n) is 5.25. The fourth-order valence-electron chi connectivity index (χ4n) is 2.79. The van der Waals surface area contributed by atoms with Crippen LogP contribution in [0.3, 0.4) is 0 Å². The van der Waals surface area contributed by atoms with Crippen molar-refractivity contribution < 1.29 is 0 Å². The first-order chi connectivity index (χ1) is 9.11. The highest BCUT2D eigenvalue weighted by molar-refractivity contribution is 6.31. The summed E-state index contributed by atoms with van der Waals surface area (Å²) in [4.78, 5) is 2.53. The molecule has 1 aromatic rings. The zero-order valence-corrected chi connectivity index (χ0v) is 12.2. The first kappa shape index (κ1) is 14.4. The zero-order valence-electron chi connectivity index (χ0n) is 11.5. The Kier molecular flexibility index (Phi) is 4.83. The second kappa shape index (κ2) is 6.40. The summed E-state index contributed by atoms with van der Waals surface area (Å²) in [5.41, 5.74) is 7.30. The topological polar surface area (TPSA) is 53.1 Å². The highest BCUT2D eigenvalue weighted by atomic mass is 35.5. The number of rotatable bonds is 4. The van der Waals surface area contributed by atoms with Crippen LogP contribution in [0.15, 0.2) is 18.2 Å². The summed E-state index contributed by atoms with van der Waals surface area (Å²) in [6.07, 6.45) is 5.11. The number of nitrogens with one attached hydrogen (secondary N) is 1. The maximum Gasteiger partial charge on any atom is 0.122 e. The molecule has 1 unspecified atom stereocenters. The largest absolute Gasteiger partial charge is 0.384 e. The third-order valence-corrected chi connectivity index (χ3v) is 4.31. The van der Waals surface area contributed by atoms with E-state index in [-0.39, 0.29) is 5.84 Å². The maximum atomic E-state index is 7.43. The van der Waals surface area contributed by atoms with Gasteiger partial charge in [0.25, 0.3) is 0 Å². The molecule has 104 valence electrons. The van der Waals surface area contributed by atoms with Crippen molar-refractivity contribution in [2.45, 2.75) is 45.2 Å². The summed E-state index contributed by atoms with van der Waals surface area (Å²) in [6.45, 7) is 4.31. The maximum absolute atomic E-state index is 7.43. The lowest BCUT2D eigenvalue weighted by Gasteiger charge is -2.35. The number of nitrogen functional groups attached to an aromatic ring is 1. The minimum absolute atomic E-state index is 0.0675. The van der Waals surface area contributed by atoms with E-state index < -0.39 is 0 Å². The van der Waals surface area contributed by atoms with Gasteiger partial charge < -0.3 is 5.73 Å². The van der Waals surface area contributed by atoms with Gasteiger partial charge >= 0.3 is 0 Å². The Morgan fingerprint density at radius 3 is 2.89 bits per heavy atom. The van der Waals surface area contributed by atoms with E-state index in [1.165, 1.54) is 25.7 Å². The van der Waals surface area contributed by atoms with Crippen LogP contribution >= 0.6 is 11.6 Å². The molecule has 1 heterocycles. The molecule has 0 spiro atoms. The Morgan fingerprint density at radius 1 is 1.47 bits per heavy atom. The van der Waals surface area contributed by atoms with Gasteiger partial charge in [0.05, 0.1) is 0 Å². The molecule has 1 aliphatic heterocycles. The molecule has 1 saturated heterocycles. The van der Waals surface area contributed by atoms with Gasteiger partial charge in [-0.05, 0) is 37.4 Å². The van der Waals surface area contributed by atoms with Crippen molar-refractivity contribution in [3.05, 3.63) is 34.3 Å². The Morgan fingerprint density at radius 2 is 2.26 bits per heavy atom. The normalized spacial score (nSPS) is 20.4. The Bertz CT molecular complexity index is 459. The fraction of sp³-hybridized carbons (Fsp3) is 0.533. The number of nitrogens with two attached hydrogens (primary N) is 1. The molecule has 1 atom stereocenters. The van der Waals surface area contributed by atoms with Gasteiger partial charge in [0, 0.05) is 23.2 Å². The third kappa shape index (κ3) is 3.48. The van der Waals surface area contributed by atoms with E-state index in [4.69, 9.17) is 22.7 Å². The van der Waals surface area contributed by atoms with Crippen LogP contribution in [0.2, 0.25) is 5.02 Å². The van der Waals surface area contributed by atoms with Gasteiger partial charge in [0.1, 0.15) is 5.84 Å². The number of hydrogen-bond acceptors (Lipinski definition) is 2. The van der Waals surface area contributed by atoms with Gasteiger partial charge in [0.15, 0.2) is 0 Å². The van der Waals surface area contributed by atoms with Crippen molar-refractivity contribution in [2.75, 3.05) is 6.54 Å². The van der Waals surface area contributed by atoms with Crippen molar-refractivity contribution in [3.63, 3.8) is 0 Å². The van der Waals surface area contributed by atoms with Crippen molar-refractivity contribution in [1.29, 1.82) is 5.41 Å². The molecule has 0 bridgehead atoms. The first-order valence-corrected chi connectivity index (χ1v) is 7.36. The van der Waals surface area contributed by atoms with E-state index in [2.05, 4.69) is 11.8 Å². The average molecular weight is 280 g/mol. The van der Waals surface area contributed by atoms with Crippen molar-refractivity contribution in [2.24, 2.45) is 5.73 Å². The number of likely N-dealkylation sites (tertiary alicyclic amines) is 1. The fourth-order valence-corrected chi connectivity index (χ4v) is 3.03. The monoisotopic (exact) mass is 279 g/mol. The van der Waals surface area contributed by atoms with Gasteiger partial charge in [-0.2, -0.15) is 0 Å². The highest BCUT2D eigenvalue weighted by Gasteiger charge is 2.21. The van der Waals surface area contributed by atoms with E-state index in [0.29, 0.717) is 16.6 Å². The molecular weight excluding hydrogens is 258 g/mol. The smallest absolute Gasteiger partial charge is 0.122 e. The molecule has 3 N–H and O–H groups in total. The second-order valence-corrected chi connectivity index (χ2v) is 5.66. The summed E-state index contributed by atoms with van der Waals surface area (Å²) < 4.78 is 0. The molecule has 4 heteroatoms. The lowest BCUT2D eigenvalue weighted by Crippen LogP contribution is -2.38. The quantitative estimate of drug-likeness (QED) is 0.656. The number of amidine groups is 1. The number of halogens is 1. The van der Waals surface area contributed by atoms with Crippen LogP contribution in [0.1, 0.15) is 43.7 Å². The van der Waals surface area contributed by atoms with E-state index in [9.17, 15) is 0 Å². The highest BCUT2D eigenvalue weighted by Crippen LogP contribution is 2.25. The molecular formula is C15H22ClN3. The minimum Gasteiger partial charge on any atom is -0.384 e. The molecule has 1 aliphatic rings. The standard InChI is InChI=1S/C15H22ClN3/c1-2-13-5-3-4-8-19(13)10-12-7-6-11(15(17)18)9-14(12)16/h6-7,9,13H,2-5,8,10H2,1H3,(H3,17,18). The molecule has 0 aliphatic carbocycles. The van der Waals surface area contributed by atoms with Crippen LogP contribution in [-0.2, 0) is 6.54 Å². The molecule has 19 heavy (non-hydrogen) atoms. The average Bonchev–Trinajstić information content (AvgIpc) is 2.41. The molecule has 0 saturated carbocycles. The van der Waals surface area contributed by atoms with Crippen LogP contribution in [0.5, 0.6) is 0 Å². The summed E-state index contributed by atoms with van der Waals surface area (Å²) in [5.74, 6) is 0.0675. The van der Waals surface area contributed by atoms with E-state index in [0.717, 1.165) is 18.7 Å². The predicted octanol–water partition coefficient (Wildman–Crippen LogP) is 3.39. The van der Waals surface area contributed by atoms with Crippen LogP contribution < -0.4 is 5.73 Å². The zero-order chi connectivity index (χ0) is 13.8. The van der Waals surface area contributed by atoms with Crippen LogP contribution in [-0.4, -0.2) is 23.3 Å². The molecule has 0 aromatic heterocycles. The van der Waals surface area contributed by atoms with Gasteiger partial charge in [-0.1, -0.05) is 37.1 Å². The van der Waals surface area contributed by atoms with Gasteiger partial charge in [-0.25, -0.2) is 0 Å². The molecule has 1 aromatic carbocycles. The molecule has 0 amide bonds. The SMILES string of the molecule is CCC1CCCCN1Cc1ccc(C(=N)N)cc1Cl. The van der Waals surface area contributed by atoms with Gasteiger partial charge in [-0.15, -0.1) is 0 Å². The van der Waals surface area contributed by atoms with Crippen molar-refractivity contribution in [1.82, 2.24) is 4.90 Å². The van der Waals surface area contributed by atoms with Gasteiger partial charge in [0.2, 0.25) is 0 Å². The lowest BCUT2D eigenvalue weighted by atomic mass is 9.99. The molecule has 2 rings (SSSR count). The van der Waals surface area contributed by atoms with Crippen molar-refractivity contribution >= 4 is 17.4 Å². The minimum atomic E-state index is 0.0675. The summed E-state index contributed by atoms with van der Waals surface area (Å²) in [5, 5.41) is 8.14. The Balaban J connectivity index is 2.11. The molecule has 3 nitrogen and oxygen atoms in total. The third-order valence-electron chi connectivity index (χ3n) is 3.96. The predicted molar refractivity (Wildman–Crippen MR) is 80.8 cm³/mol. The Hall–Kier alpha value is -1.06. The number of piperidine rings is 1. The van der Waals surface area contributed by atoms with Crippen LogP contribution in [0, 0.1) is 5.41 Å². The number of nitrogens with zero attached hydrogens (tertiary/aromatic N) is 1. The first-order valence-electron chi connectivity index (χ1n) is 6.98. The summed E-state index contributed by atoms with van der Waals surface area (Å²) in [7, 11) is 0. The molecule has 1 fully saturated rings.